The second-order valence-corrected chi connectivity index (χ2v) is 5.81. The van der Waals surface area contributed by atoms with E-state index in [0.29, 0.717) is 5.56 Å². The molecule has 2 aromatic rings. The van der Waals surface area contributed by atoms with Crippen molar-refractivity contribution in [2.24, 2.45) is 0 Å². The van der Waals surface area contributed by atoms with Crippen LogP contribution in [0, 0.1) is 11.6 Å². The maximum atomic E-state index is 13.9. The van der Waals surface area contributed by atoms with E-state index in [-0.39, 0.29) is 11.5 Å². The Kier molecular flexibility index (Phi) is 4.03. The van der Waals surface area contributed by atoms with Gasteiger partial charge in [-0.05, 0) is 55.3 Å². The molecule has 5 heteroatoms. The van der Waals surface area contributed by atoms with E-state index in [1.807, 2.05) is 12.1 Å². The summed E-state index contributed by atoms with van der Waals surface area (Å²) in [4.78, 5) is 14.1. The van der Waals surface area contributed by atoms with Gasteiger partial charge in [-0.25, -0.2) is 8.78 Å². The largest absolute Gasteiger partial charge is 0.384 e. The van der Waals surface area contributed by atoms with Crippen LogP contribution >= 0.6 is 0 Å². The normalized spacial score (nSPS) is 14.1. The van der Waals surface area contributed by atoms with Crippen molar-refractivity contribution in [3.63, 3.8) is 0 Å². The van der Waals surface area contributed by atoms with Gasteiger partial charge in [0.1, 0.15) is 11.6 Å². The Morgan fingerprint density at radius 2 is 2.00 bits per heavy atom. The molecule has 1 aliphatic heterocycles. The van der Waals surface area contributed by atoms with Gasteiger partial charge in [0.15, 0.2) is 0 Å². The van der Waals surface area contributed by atoms with E-state index >= 15 is 0 Å². The molecule has 1 N–H and O–H groups in total. The van der Waals surface area contributed by atoms with Gasteiger partial charge in [0.25, 0.3) is 5.91 Å². The first-order valence-electron chi connectivity index (χ1n) is 7.56. The first-order valence-corrected chi connectivity index (χ1v) is 7.56. The maximum absolute atomic E-state index is 13.9. The predicted molar refractivity (Wildman–Crippen MR) is 85.5 cm³/mol. The number of rotatable bonds is 3. The molecule has 1 atom stereocenters. The van der Waals surface area contributed by atoms with Crippen LogP contribution in [0.1, 0.15) is 34.5 Å². The van der Waals surface area contributed by atoms with Crippen molar-refractivity contribution >= 4 is 11.6 Å². The van der Waals surface area contributed by atoms with E-state index in [1.165, 1.54) is 4.90 Å². The van der Waals surface area contributed by atoms with Crippen LogP contribution in [0.15, 0.2) is 36.4 Å². The van der Waals surface area contributed by atoms with Crippen molar-refractivity contribution in [3.05, 3.63) is 64.7 Å². The number of benzene rings is 2. The number of carbonyl (C=O) groups excluding carboxylic acids is 1. The number of nitrogens with one attached hydrogen (secondary N) is 1. The minimum absolute atomic E-state index is 0.170. The second kappa shape index (κ2) is 5.99. The van der Waals surface area contributed by atoms with Gasteiger partial charge in [-0.15, -0.1) is 0 Å². The third kappa shape index (κ3) is 2.91. The van der Waals surface area contributed by atoms with Crippen LogP contribution in [0.25, 0.3) is 0 Å². The molecule has 0 saturated carbocycles. The molecule has 0 aliphatic carbocycles. The van der Waals surface area contributed by atoms with Gasteiger partial charge >= 0.3 is 0 Å². The Hall–Kier alpha value is -2.43. The number of nitrogens with zero attached hydrogens (tertiary/aromatic N) is 1. The van der Waals surface area contributed by atoms with Crippen LogP contribution < -0.4 is 5.32 Å². The highest BCUT2D eigenvalue weighted by Gasteiger charge is 2.23. The summed E-state index contributed by atoms with van der Waals surface area (Å²) in [6.07, 6.45) is 0.883. The van der Waals surface area contributed by atoms with E-state index in [1.54, 1.807) is 20.0 Å². The molecule has 0 bridgehead atoms. The average Bonchev–Trinajstić information content (AvgIpc) is 3.02. The lowest BCUT2D eigenvalue weighted by Gasteiger charge is -2.26. The van der Waals surface area contributed by atoms with Gasteiger partial charge in [0.05, 0.1) is 6.04 Å². The first kappa shape index (κ1) is 15.5. The lowest BCUT2D eigenvalue weighted by molar-refractivity contribution is 0.0740. The number of fused-ring (bicyclic) bond motifs is 1. The molecule has 0 saturated heterocycles. The van der Waals surface area contributed by atoms with E-state index in [0.717, 1.165) is 42.4 Å². The average molecular weight is 316 g/mol. The molecular formula is C18H18F2N2O. The molecule has 3 rings (SSSR count). The van der Waals surface area contributed by atoms with Gasteiger partial charge in [-0.3, -0.25) is 4.79 Å². The molecule has 0 fully saturated rings. The highest BCUT2D eigenvalue weighted by Crippen LogP contribution is 2.27. The Balaban J connectivity index is 1.85. The Morgan fingerprint density at radius 1 is 1.22 bits per heavy atom. The highest BCUT2D eigenvalue weighted by atomic mass is 19.1. The Morgan fingerprint density at radius 3 is 2.78 bits per heavy atom. The van der Waals surface area contributed by atoms with Crippen molar-refractivity contribution < 1.29 is 13.6 Å². The van der Waals surface area contributed by atoms with Gasteiger partial charge in [0, 0.05) is 30.4 Å². The SMILES string of the molecule is CC(c1cc(F)ccc1F)N(C)C(=O)c1ccc2c(c1)CCN2. The summed E-state index contributed by atoms with van der Waals surface area (Å²) >= 11 is 0. The topological polar surface area (TPSA) is 32.3 Å². The number of hydrogen-bond acceptors (Lipinski definition) is 2. The van der Waals surface area contributed by atoms with Crippen LogP contribution in [0.4, 0.5) is 14.5 Å². The summed E-state index contributed by atoms with van der Waals surface area (Å²) in [6.45, 7) is 2.55. The molecule has 1 heterocycles. The van der Waals surface area contributed by atoms with Crippen molar-refractivity contribution in [3.8, 4) is 0 Å². The minimum atomic E-state index is -0.565. The lowest BCUT2D eigenvalue weighted by atomic mass is 10.0. The summed E-state index contributed by atoms with van der Waals surface area (Å²) in [5.41, 5.74) is 2.88. The minimum Gasteiger partial charge on any atom is -0.384 e. The van der Waals surface area contributed by atoms with Crippen LogP contribution in [0.3, 0.4) is 0 Å². The summed E-state index contributed by atoms with van der Waals surface area (Å²) in [5.74, 6) is -1.25. The molecule has 1 unspecified atom stereocenters. The van der Waals surface area contributed by atoms with Gasteiger partial charge in [-0.2, -0.15) is 0 Å². The predicted octanol–water partition coefficient (Wildman–Crippen LogP) is 3.77. The first-order chi connectivity index (χ1) is 11.0. The zero-order valence-corrected chi connectivity index (χ0v) is 13.1. The highest BCUT2D eigenvalue weighted by molar-refractivity contribution is 5.95. The number of hydrogen-bond donors (Lipinski definition) is 1. The summed E-state index contributed by atoms with van der Waals surface area (Å²) in [6, 6.07) is 8.23. The van der Waals surface area contributed by atoms with E-state index < -0.39 is 17.7 Å². The van der Waals surface area contributed by atoms with E-state index in [9.17, 15) is 13.6 Å². The quantitative estimate of drug-likeness (QED) is 0.935. The summed E-state index contributed by atoms with van der Waals surface area (Å²) < 4.78 is 27.3. The standard InChI is InChI=1S/C18H18F2N2O/c1-11(15-10-14(19)4-5-16(15)20)22(2)18(23)13-3-6-17-12(9-13)7-8-21-17/h3-6,9-11,21H,7-8H2,1-2H3. The second-order valence-electron chi connectivity index (χ2n) is 5.81. The molecule has 1 amide bonds. The molecule has 1 aliphatic rings. The summed E-state index contributed by atoms with van der Waals surface area (Å²) in [7, 11) is 1.60. The number of carbonyl (C=O) groups is 1. The van der Waals surface area contributed by atoms with Crippen molar-refractivity contribution in [2.75, 3.05) is 18.9 Å². The molecular weight excluding hydrogens is 298 g/mol. The molecule has 2 aromatic carbocycles. The lowest BCUT2D eigenvalue weighted by Crippen LogP contribution is -2.30. The van der Waals surface area contributed by atoms with Crippen LogP contribution in [0.5, 0.6) is 0 Å². The van der Waals surface area contributed by atoms with Crippen LogP contribution in [-0.4, -0.2) is 24.4 Å². The van der Waals surface area contributed by atoms with Gasteiger partial charge in [-0.1, -0.05) is 0 Å². The molecule has 0 spiro atoms. The van der Waals surface area contributed by atoms with E-state index in [4.69, 9.17) is 0 Å². The smallest absolute Gasteiger partial charge is 0.254 e. The number of amides is 1. The third-order valence-corrected chi connectivity index (χ3v) is 4.37. The maximum Gasteiger partial charge on any atom is 0.254 e. The molecule has 23 heavy (non-hydrogen) atoms. The van der Waals surface area contributed by atoms with Crippen molar-refractivity contribution in [2.45, 2.75) is 19.4 Å². The van der Waals surface area contributed by atoms with E-state index in [2.05, 4.69) is 5.32 Å². The molecule has 0 radical (unpaired) electrons. The van der Waals surface area contributed by atoms with Crippen LogP contribution in [0.2, 0.25) is 0 Å². The monoisotopic (exact) mass is 316 g/mol. The van der Waals surface area contributed by atoms with Gasteiger partial charge < -0.3 is 10.2 Å². The van der Waals surface area contributed by atoms with Crippen LogP contribution in [-0.2, 0) is 6.42 Å². The molecule has 0 aromatic heterocycles. The molecule has 3 nitrogen and oxygen atoms in total. The van der Waals surface area contributed by atoms with Crippen molar-refractivity contribution in [1.29, 1.82) is 0 Å². The summed E-state index contributed by atoms with van der Waals surface area (Å²) in [5, 5.41) is 3.24. The fourth-order valence-corrected chi connectivity index (χ4v) is 2.86. The number of halogens is 2. The van der Waals surface area contributed by atoms with Gasteiger partial charge in [0.2, 0.25) is 0 Å². The zero-order chi connectivity index (χ0) is 16.6. The Labute approximate surface area is 133 Å². The Bertz CT molecular complexity index is 761. The fourth-order valence-electron chi connectivity index (χ4n) is 2.86. The fraction of sp³-hybridized carbons (Fsp3) is 0.278. The number of anilines is 1. The van der Waals surface area contributed by atoms with Crippen molar-refractivity contribution in [1.82, 2.24) is 4.90 Å². The molecule has 120 valence electrons. The zero-order valence-electron chi connectivity index (χ0n) is 13.1. The third-order valence-electron chi connectivity index (χ3n) is 4.37.